The lowest BCUT2D eigenvalue weighted by Gasteiger charge is -2.26. The largest absolute Gasteiger partial charge is 0.481 e. The van der Waals surface area contributed by atoms with Gasteiger partial charge in [0.25, 0.3) is 0 Å². The molecule has 2 aliphatic heterocycles. The highest BCUT2D eigenvalue weighted by Crippen LogP contribution is 2.42. The van der Waals surface area contributed by atoms with Crippen LogP contribution in [-0.2, 0) is 29.7 Å². The molecule has 2 aromatic carbocycles. The van der Waals surface area contributed by atoms with Gasteiger partial charge in [-0.3, -0.25) is 14.5 Å². The van der Waals surface area contributed by atoms with E-state index in [0.717, 1.165) is 70.4 Å². The highest BCUT2D eigenvalue weighted by molar-refractivity contribution is 6.39. The van der Waals surface area contributed by atoms with Crippen molar-refractivity contribution >= 4 is 40.0 Å². The minimum atomic E-state index is 0.105. The van der Waals surface area contributed by atoms with E-state index in [0.29, 0.717) is 59.5 Å². The van der Waals surface area contributed by atoms with Gasteiger partial charge in [0, 0.05) is 91.7 Å². The van der Waals surface area contributed by atoms with E-state index in [1.54, 1.807) is 13.3 Å². The molecule has 0 spiro atoms. The topological polar surface area (TPSA) is 115 Å². The van der Waals surface area contributed by atoms with E-state index in [9.17, 15) is 4.79 Å². The molecule has 10 nitrogen and oxygen atoms in total. The molecular formula is C36H37Cl2N7O3. The van der Waals surface area contributed by atoms with Crippen LogP contribution in [0.2, 0.25) is 10.0 Å². The number of hydrogen-bond acceptors (Lipinski definition) is 8. The molecule has 2 aliphatic rings. The number of nitrogens with zero attached hydrogens (tertiary/aromatic N) is 4. The van der Waals surface area contributed by atoms with Gasteiger partial charge >= 0.3 is 0 Å². The zero-order valence-electron chi connectivity index (χ0n) is 26.9. The molecule has 12 heteroatoms. The maximum absolute atomic E-state index is 11.5. The second-order valence-electron chi connectivity index (χ2n) is 12.2. The summed E-state index contributed by atoms with van der Waals surface area (Å²) in [5.41, 5.74) is 7.44. The third-order valence-electron chi connectivity index (χ3n) is 9.04. The summed E-state index contributed by atoms with van der Waals surface area (Å²) in [7, 11) is 3.56. The van der Waals surface area contributed by atoms with Crippen LogP contribution in [0.5, 0.6) is 5.88 Å². The number of fused-ring (bicyclic) bond motifs is 1. The first-order valence-electron chi connectivity index (χ1n) is 16.2. The highest BCUT2D eigenvalue weighted by Gasteiger charge is 2.22. The van der Waals surface area contributed by atoms with Gasteiger partial charge < -0.3 is 25.4 Å². The molecule has 5 aromatic rings. The average Bonchev–Trinajstić information content (AvgIpc) is 3.64. The fourth-order valence-corrected chi connectivity index (χ4v) is 6.99. The number of hydrogen-bond donors (Lipinski definition) is 3. The maximum Gasteiger partial charge on any atom is 0.220 e. The Bertz CT molecular complexity index is 1980. The van der Waals surface area contributed by atoms with Crippen molar-refractivity contribution in [2.75, 3.05) is 26.8 Å². The summed E-state index contributed by atoms with van der Waals surface area (Å²) < 4.78 is 13.1. The quantitative estimate of drug-likeness (QED) is 0.148. The number of aromatic nitrogens is 4. The van der Waals surface area contributed by atoms with Crippen LogP contribution < -0.4 is 20.7 Å². The molecule has 2 unspecified atom stereocenters. The van der Waals surface area contributed by atoms with E-state index < -0.39 is 0 Å². The molecule has 0 radical (unpaired) electrons. The van der Waals surface area contributed by atoms with Gasteiger partial charge in [-0.05, 0) is 31.0 Å². The first-order chi connectivity index (χ1) is 23.4. The number of rotatable bonds is 12. The third kappa shape index (κ3) is 6.63. The molecule has 1 amide bonds. The number of aryl methyl sites for hydroxylation is 1. The van der Waals surface area contributed by atoms with Gasteiger partial charge in [-0.1, -0.05) is 59.6 Å². The Kier molecular flexibility index (Phi) is 9.61. The van der Waals surface area contributed by atoms with Gasteiger partial charge in [0.05, 0.1) is 45.9 Å². The van der Waals surface area contributed by atoms with Gasteiger partial charge in [0.1, 0.15) is 0 Å². The van der Waals surface area contributed by atoms with Gasteiger partial charge in [-0.15, -0.1) is 0 Å². The Morgan fingerprint density at radius 3 is 2.58 bits per heavy atom. The third-order valence-corrected chi connectivity index (χ3v) is 9.83. The number of carbonyl (C=O) groups excluding carboxylic acids is 1. The fourth-order valence-electron chi connectivity index (χ4n) is 6.34. The summed E-state index contributed by atoms with van der Waals surface area (Å²) in [4.78, 5) is 21.0. The van der Waals surface area contributed by atoms with E-state index >= 15 is 0 Å². The minimum absolute atomic E-state index is 0.105. The van der Waals surface area contributed by atoms with Crippen LogP contribution in [0.3, 0.4) is 0 Å². The standard InChI is InChI=1S/C36H37Cl2N7O3/c1-45-31-16-21(6-9-27(31)30(44-45)20-40-19-24-13-15-48-24)35-34(38)26(12-14-41-35)25-4-3-5-28(33(25)37)29-10-7-22(36(43-29)47-2)17-39-18-23-8-11-32(46)42-23/h3-7,9-10,12,14,16,23-24,39-40H,8,11,13,15,17-20H2,1-2H3,(H,42,46). The van der Waals surface area contributed by atoms with E-state index in [-0.39, 0.29) is 11.9 Å². The molecule has 0 aliphatic carbocycles. The number of benzene rings is 2. The van der Waals surface area contributed by atoms with Crippen molar-refractivity contribution < 1.29 is 14.3 Å². The average molecular weight is 687 g/mol. The van der Waals surface area contributed by atoms with Gasteiger partial charge in [-0.25, -0.2) is 4.98 Å². The number of carbonyl (C=O) groups is 1. The summed E-state index contributed by atoms with van der Waals surface area (Å²) in [5.74, 6) is 0.617. The Morgan fingerprint density at radius 1 is 1.00 bits per heavy atom. The van der Waals surface area contributed by atoms with Crippen molar-refractivity contribution in [2.24, 2.45) is 7.05 Å². The number of methoxy groups -OCH3 is 1. The van der Waals surface area contributed by atoms with E-state index in [4.69, 9.17) is 42.8 Å². The predicted octanol–water partition coefficient (Wildman–Crippen LogP) is 5.93. The molecule has 2 fully saturated rings. The Labute approximate surface area is 289 Å². The number of nitrogens with one attached hydrogen (secondary N) is 3. The van der Waals surface area contributed by atoms with Crippen LogP contribution in [0, 0.1) is 0 Å². The lowest BCUT2D eigenvalue weighted by atomic mass is 9.99. The zero-order chi connectivity index (χ0) is 33.2. The summed E-state index contributed by atoms with van der Waals surface area (Å²) >= 11 is 14.2. The first kappa shape index (κ1) is 32.5. The molecule has 248 valence electrons. The summed E-state index contributed by atoms with van der Waals surface area (Å²) in [6.45, 7) is 3.58. The molecule has 7 rings (SSSR count). The molecule has 0 saturated carbocycles. The molecule has 5 heterocycles. The first-order valence-corrected chi connectivity index (χ1v) is 16.9. The van der Waals surface area contributed by atoms with Gasteiger partial charge in [-0.2, -0.15) is 5.10 Å². The van der Waals surface area contributed by atoms with Crippen LogP contribution in [0.15, 0.2) is 60.8 Å². The van der Waals surface area contributed by atoms with Crippen LogP contribution in [-0.4, -0.2) is 64.6 Å². The van der Waals surface area contributed by atoms with Crippen LogP contribution in [0.1, 0.15) is 30.5 Å². The van der Waals surface area contributed by atoms with Crippen LogP contribution in [0.4, 0.5) is 0 Å². The molecule has 2 saturated heterocycles. The summed E-state index contributed by atoms with van der Waals surface area (Å²) in [5, 5.41) is 16.7. The molecule has 2 atom stereocenters. The van der Waals surface area contributed by atoms with Gasteiger partial charge in [0.15, 0.2) is 0 Å². The molecule has 3 N–H and O–H groups in total. The Morgan fingerprint density at radius 2 is 1.81 bits per heavy atom. The van der Waals surface area contributed by atoms with Crippen LogP contribution in [0.25, 0.3) is 44.5 Å². The maximum atomic E-state index is 11.5. The normalized spacial score (nSPS) is 17.5. The Hall–Kier alpha value is -4.06. The second kappa shape index (κ2) is 14.2. The lowest BCUT2D eigenvalue weighted by molar-refractivity contribution is -0.119. The van der Waals surface area contributed by atoms with Crippen molar-refractivity contribution in [3.8, 4) is 39.5 Å². The van der Waals surface area contributed by atoms with Gasteiger partial charge in [0.2, 0.25) is 11.8 Å². The van der Waals surface area contributed by atoms with E-state index in [1.165, 1.54) is 0 Å². The number of halogens is 2. The highest BCUT2D eigenvalue weighted by atomic mass is 35.5. The molecule has 3 aromatic heterocycles. The van der Waals surface area contributed by atoms with Crippen LogP contribution >= 0.6 is 23.2 Å². The van der Waals surface area contributed by atoms with Crippen molar-refractivity contribution in [1.29, 1.82) is 0 Å². The predicted molar refractivity (Wildman–Crippen MR) is 188 cm³/mol. The molecule has 48 heavy (non-hydrogen) atoms. The molecule has 0 bridgehead atoms. The zero-order valence-corrected chi connectivity index (χ0v) is 28.4. The van der Waals surface area contributed by atoms with Crippen molar-refractivity contribution in [3.63, 3.8) is 0 Å². The monoisotopic (exact) mass is 685 g/mol. The summed E-state index contributed by atoms with van der Waals surface area (Å²) in [6, 6.07) is 18.0. The van der Waals surface area contributed by atoms with E-state index in [1.807, 2.05) is 54.2 Å². The van der Waals surface area contributed by atoms with Crippen molar-refractivity contribution in [1.82, 2.24) is 35.7 Å². The molecular weight excluding hydrogens is 649 g/mol. The number of amides is 1. The number of pyridine rings is 2. The van der Waals surface area contributed by atoms with Crippen molar-refractivity contribution in [2.45, 2.75) is 44.5 Å². The minimum Gasteiger partial charge on any atom is -0.481 e. The lowest BCUT2D eigenvalue weighted by Crippen LogP contribution is -2.36. The Balaban J connectivity index is 1.12. The smallest absolute Gasteiger partial charge is 0.220 e. The SMILES string of the molecule is COc1nc(-c2cccc(-c3ccnc(-c4ccc5c(CNCC6CCO6)nn(C)c5c4)c3Cl)c2Cl)ccc1CNCC1CCC(=O)N1. The summed E-state index contributed by atoms with van der Waals surface area (Å²) in [6.07, 6.45) is 4.57. The van der Waals surface area contributed by atoms with E-state index in [2.05, 4.69) is 33.1 Å². The fraction of sp³-hybridized carbons (Fsp3) is 0.333. The second-order valence-corrected chi connectivity index (χ2v) is 13.0. The number of ether oxygens (including phenoxy) is 2. The van der Waals surface area contributed by atoms with Crippen molar-refractivity contribution in [3.05, 3.63) is 82.1 Å².